The van der Waals surface area contributed by atoms with Crippen molar-refractivity contribution in [3.63, 3.8) is 0 Å². The molecule has 2 heterocycles. The van der Waals surface area contributed by atoms with Gasteiger partial charge in [-0.15, -0.1) is 0 Å². The van der Waals surface area contributed by atoms with Crippen molar-refractivity contribution in [2.75, 3.05) is 7.11 Å². The fourth-order valence-corrected chi connectivity index (χ4v) is 1.80. The number of aromatic nitrogens is 4. The summed E-state index contributed by atoms with van der Waals surface area (Å²) >= 11 is 0. The van der Waals surface area contributed by atoms with Gasteiger partial charge in [0.05, 0.1) is 18.5 Å². The first-order valence-corrected chi connectivity index (χ1v) is 5.64. The van der Waals surface area contributed by atoms with Gasteiger partial charge in [-0.05, 0) is 13.0 Å². The van der Waals surface area contributed by atoms with Crippen LogP contribution in [0.1, 0.15) is 24.4 Å². The Morgan fingerprint density at radius 2 is 2.33 bits per heavy atom. The summed E-state index contributed by atoms with van der Waals surface area (Å²) in [5.74, 6) is 6.12. The fourth-order valence-electron chi connectivity index (χ4n) is 1.80. The number of aryl methyl sites for hydroxylation is 1. The van der Waals surface area contributed by atoms with E-state index in [1.165, 1.54) is 6.33 Å². The zero-order valence-corrected chi connectivity index (χ0v) is 10.4. The maximum absolute atomic E-state index is 5.62. The molecule has 7 nitrogen and oxygen atoms in total. The Hall–Kier alpha value is -1.99. The topological polar surface area (TPSA) is 90.9 Å². The van der Waals surface area contributed by atoms with Gasteiger partial charge in [0.1, 0.15) is 12.4 Å². The van der Waals surface area contributed by atoms with Crippen molar-refractivity contribution >= 4 is 0 Å². The number of ether oxygens (including phenoxy) is 1. The fraction of sp³-hybridized carbons (Fsp3) is 0.364. The number of rotatable bonds is 5. The van der Waals surface area contributed by atoms with E-state index < -0.39 is 0 Å². The molecule has 0 saturated carbocycles. The highest BCUT2D eigenvalue weighted by atomic mass is 16.5. The SMILES string of the molecule is CCn1nccc1C(NN)c1cc(OC)ncn1. The molecule has 96 valence electrons. The second kappa shape index (κ2) is 5.56. The zero-order valence-electron chi connectivity index (χ0n) is 10.4. The van der Waals surface area contributed by atoms with E-state index in [2.05, 4.69) is 20.5 Å². The summed E-state index contributed by atoms with van der Waals surface area (Å²) in [4.78, 5) is 8.19. The van der Waals surface area contributed by atoms with Crippen molar-refractivity contribution in [2.24, 2.45) is 5.84 Å². The van der Waals surface area contributed by atoms with Crippen LogP contribution in [0.5, 0.6) is 5.88 Å². The molecule has 0 spiro atoms. The number of hydrogen-bond acceptors (Lipinski definition) is 6. The van der Waals surface area contributed by atoms with Crippen LogP contribution in [0.4, 0.5) is 0 Å². The average Bonchev–Trinajstić information content (AvgIpc) is 2.88. The first-order valence-electron chi connectivity index (χ1n) is 5.64. The Bertz CT molecular complexity index is 512. The summed E-state index contributed by atoms with van der Waals surface area (Å²) in [5, 5.41) is 4.22. The van der Waals surface area contributed by atoms with Gasteiger partial charge in [-0.2, -0.15) is 5.10 Å². The third-order valence-electron chi connectivity index (χ3n) is 2.68. The molecule has 0 amide bonds. The lowest BCUT2D eigenvalue weighted by atomic mass is 10.1. The largest absolute Gasteiger partial charge is 0.481 e. The molecule has 1 atom stereocenters. The van der Waals surface area contributed by atoms with Gasteiger partial charge in [0, 0.05) is 18.8 Å². The van der Waals surface area contributed by atoms with Gasteiger partial charge in [-0.3, -0.25) is 10.5 Å². The minimum Gasteiger partial charge on any atom is -0.481 e. The van der Waals surface area contributed by atoms with E-state index in [0.717, 1.165) is 17.9 Å². The van der Waals surface area contributed by atoms with Crippen molar-refractivity contribution in [3.05, 3.63) is 36.0 Å². The lowest BCUT2D eigenvalue weighted by Gasteiger charge is -2.16. The van der Waals surface area contributed by atoms with Crippen molar-refractivity contribution < 1.29 is 4.74 Å². The summed E-state index contributed by atoms with van der Waals surface area (Å²) in [7, 11) is 1.56. The Labute approximate surface area is 105 Å². The normalized spacial score (nSPS) is 12.4. The number of nitrogens with one attached hydrogen (secondary N) is 1. The monoisotopic (exact) mass is 248 g/mol. The molecular formula is C11H16N6O. The maximum atomic E-state index is 5.62. The predicted octanol–water partition coefficient (Wildman–Crippen LogP) is 0.254. The summed E-state index contributed by atoms with van der Waals surface area (Å²) in [6.45, 7) is 2.79. The lowest BCUT2D eigenvalue weighted by Crippen LogP contribution is -2.31. The Morgan fingerprint density at radius 1 is 1.50 bits per heavy atom. The molecule has 2 rings (SSSR count). The van der Waals surface area contributed by atoms with Crippen LogP contribution in [-0.2, 0) is 6.54 Å². The van der Waals surface area contributed by atoms with Crippen LogP contribution in [0, 0.1) is 0 Å². The number of nitrogens with zero attached hydrogens (tertiary/aromatic N) is 4. The van der Waals surface area contributed by atoms with Crippen molar-refractivity contribution in [1.82, 2.24) is 25.2 Å². The second-order valence-electron chi connectivity index (χ2n) is 3.66. The average molecular weight is 248 g/mol. The Kier molecular flexibility index (Phi) is 3.85. The molecule has 7 heteroatoms. The summed E-state index contributed by atoms with van der Waals surface area (Å²) in [5.41, 5.74) is 4.42. The van der Waals surface area contributed by atoms with Crippen LogP contribution < -0.4 is 16.0 Å². The molecule has 0 aliphatic heterocycles. The summed E-state index contributed by atoms with van der Waals surface area (Å²) in [6, 6.07) is 3.41. The third kappa shape index (κ3) is 2.31. The van der Waals surface area contributed by atoms with Crippen LogP contribution in [0.3, 0.4) is 0 Å². The quantitative estimate of drug-likeness (QED) is 0.582. The molecule has 0 aliphatic carbocycles. The molecule has 2 aromatic heterocycles. The van der Waals surface area contributed by atoms with Crippen molar-refractivity contribution in [1.29, 1.82) is 0 Å². The van der Waals surface area contributed by atoms with Crippen LogP contribution >= 0.6 is 0 Å². The van der Waals surface area contributed by atoms with E-state index in [-0.39, 0.29) is 6.04 Å². The minimum atomic E-state index is -0.246. The van der Waals surface area contributed by atoms with Gasteiger partial charge in [0.2, 0.25) is 5.88 Å². The molecule has 0 aromatic carbocycles. The van der Waals surface area contributed by atoms with Crippen LogP contribution in [-0.4, -0.2) is 26.9 Å². The molecular weight excluding hydrogens is 232 g/mol. The molecule has 0 saturated heterocycles. The Morgan fingerprint density at radius 3 is 3.00 bits per heavy atom. The second-order valence-corrected chi connectivity index (χ2v) is 3.66. The lowest BCUT2D eigenvalue weighted by molar-refractivity contribution is 0.394. The smallest absolute Gasteiger partial charge is 0.216 e. The summed E-state index contributed by atoms with van der Waals surface area (Å²) < 4.78 is 6.94. The van der Waals surface area contributed by atoms with Crippen LogP contribution in [0.2, 0.25) is 0 Å². The molecule has 0 aliphatic rings. The number of hydrazine groups is 1. The molecule has 0 bridgehead atoms. The van der Waals surface area contributed by atoms with Gasteiger partial charge < -0.3 is 4.74 Å². The highest BCUT2D eigenvalue weighted by molar-refractivity contribution is 5.24. The first kappa shape index (κ1) is 12.5. The minimum absolute atomic E-state index is 0.246. The Balaban J connectivity index is 2.38. The number of nitrogens with two attached hydrogens (primary N) is 1. The standard InChI is InChI=1S/C11H16N6O/c1-3-17-9(4-5-15-17)11(16-12)8-6-10(18-2)14-7-13-8/h4-7,11,16H,3,12H2,1-2H3. The number of hydrogen-bond donors (Lipinski definition) is 2. The maximum Gasteiger partial charge on any atom is 0.216 e. The third-order valence-corrected chi connectivity index (χ3v) is 2.68. The molecule has 1 unspecified atom stereocenters. The summed E-state index contributed by atoms with van der Waals surface area (Å²) in [6.07, 6.45) is 3.19. The zero-order chi connectivity index (χ0) is 13.0. The molecule has 0 fully saturated rings. The molecule has 3 N–H and O–H groups in total. The van der Waals surface area contributed by atoms with Gasteiger partial charge in [0.15, 0.2) is 0 Å². The van der Waals surface area contributed by atoms with E-state index in [1.54, 1.807) is 19.4 Å². The first-order chi connectivity index (χ1) is 8.80. The van der Waals surface area contributed by atoms with Gasteiger partial charge >= 0.3 is 0 Å². The van der Waals surface area contributed by atoms with Crippen molar-refractivity contribution in [2.45, 2.75) is 19.5 Å². The van der Waals surface area contributed by atoms with E-state index in [4.69, 9.17) is 10.6 Å². The molecule has 18 heavy (non-hydrogen) atoms. The van der Waals surface area contributed by atoms with E-state index in [9.17, 15) is 0 Å². The highest BCUT2D eigenvalue weighted by Gasteiger charge is 2.18. The van der Waals surface area contributed by atoms with Gasteiger partial charge in [-0.25, -0.2) is 15.4 Å². The predicted molar refractivity (Wildman–Crippen MR) is 65.7 cm³/mol. The van der Waals surface area contributed by atoms with Crippen LogP contribution in [0.25, 0.3) is 0 Å². The van der Waals surface area contributed by atoms with Gasteiger partial charge in [-0.1, -0.05) is 0 Å². The van der Waals surface area contributed by atoms with Gasteiger partial charge in [0.25, 0.3) is 0 Å². The van der Waals surface area contributed by atoms with Crippen molar-refractivity contribution in [3.8, 4) is 5.88 Å². The van der Waals surface area contributed by atoms with E-state index in [0.29, 0.717) is 5.88 Å². The van der Waals surface area contributed by atoms with E-state index >= 15 is 0 Å². The van der Waals surface area contributed by atoms with E-state index in [1.807, 2.05) is 17.7 Å². The number of methoxy groups -OCH3 is 1. The molecule has 2 aromatic rings. The van der Waals surface area contributed by atoms with Crippen LogP contribution in [0.15, 0.2) is 24.7 Å². The molecule has 0 radical (unpaired) electrons. The highest BCUT2D eigenvalue weighted by Crippen LogP contribution is 2.21.